The first kappa shape index (κ1) is 21.8. The van der Waals surface area contributed by atoms with Crippen molar-refractivity contribution in [1.29, 1.82) is 0 Å². The molecule has 3 nitrogen and oxygen atoms in total. The summed E-state index contributed by atoms with van der Waals surface area (Å²) >= 11 is 0. The van der Waals surface area contributed by atoms with Gasteiger partial charge in [0.25, 0.3) is 0 Å². The number of carbonyl (C=O) groups excluding carboxylic acids is 2. The van der Waals surface area contributed by atoms with Gasteiger partial charge in [-0.05, 0) is 107 Å². The highest BCUT2D eigenvalue weighted by Crippen LogP contribution is 2.66. The maximum absolute atomic E-state index is 12.4. The van der Waals surface area contributed by atoms with Crippen molar-refractivity contribution in [3.8, 4) is 0 Å². The number of allylic oxidation sites excluding steroid dienone is 1. The molecule has 0 unspecified atom stereocenters. The predicted molar refractivity (Wildman–Crippen MR) is 115 cm³/mol. The molecule has 0 bridgehead atoms. The van der Waals surface area contributed by atoms with Gasteiger partial charge in [-0.2, -0.15) is 0 Å². The lowest BCUT2D eigenvalue weighted by atomic mass is 9.46. The molecule has 3 fully saturated rings. The highest BCUT2D eigenvalue weighted by Gasteiger charge is 2.59. The highest BCUT2D eigenvalue weighted by atomic mass is 16.1. The first-order valence-electron chi connectivity index (χ1n) is 11.2. The van der Waals surface area contributed by atoms with Crippen molar-refractivity contribution in [2.75, 3.05) is 21.1 Å². The van der Waals surface area contributed by atoms with E-state index in [0.717, 1.165) is 38.0 Å². The van der Waals surface area contributed by atoms with E-state index in [2.05, 4.69) is 13.8 Å². The van der Waals surface area contributed by atoms with Gasteiger partial charge in [-0.1, -0.05) is 19.4 Å². The number of fused-ring (bicyclic) bond motifs is 5. The van der Waals surface area contributed by atoms with Gasteiger partial charge in [0.1, 0.15) is 5.78 Å². The Morgan fingerprint density at radius 3 is 2.39 bits per heavy atom. The van der Waals surface area contributed by atoms with Gasteiger partial charge in [-0.25, -0.2) is 0 Å². The van der Waals surface area contributed by atoms with E-state index in [1.807, 2.05) is 32.1 Å². The molecule has 0 aromatic rings. The van der Waals surface area contributed by atoms with E-state index in [1.165, 1.54) is 24.8 Å². The van der Waals surface area contributed by atoms with Crippen LogP contribution < -0.4 is 0 Å². The van der Waals surface area contributed by atoms with Crippen molar-refractivity contribution in [3.63, 3.8) is 0 Å². The van der Waals surface area contributed by atoms with Gasteiger partial charge in [0.05, 0.1) is 7.85 Å². The van der Waals surface area contributed by atoms with E-state index in [9.17, 15) is 9.59 Å². The van der Waals surface area contributed by atoms with Crippen LogP contribution in [0.3, 0.4) is 0 Å². The molecule has 4 heteroatoms. The molecule has 0 heterocycles. The minimum Gasteiger partial charge on any atom is -0.312 e. The molecule has 3 saturated carbocycles. The number of rotatable bonds is 2. The summed E-state index contributed by atoms with van der Waals surface area (Å²) in [7, 11) is 11.7. The molecule has 28 heavy (non-hydrogen) atoms. The average Bonchev–Trinajstić information content (AvgIpc) is 2.98. The Balaban J connectivity index is 0.000000516. The first-order valence-corrected chi connectivity index (χ1v) is 11.2. The van der Waals surface area contributed by atoms with Crippen molar-refractivity contribution in [1.82, 2.24) is 4.90 Å². The monoisotopic (exact) mass is 383 g/mol. The third kappa shape index (κ3) is 3.66. The van der Waals surface area contributed by atoms with Crippen molar-refractivity contribution in [3.05, 3.63) is 11.6 Å². The van der Waals surface area contributed by atoms with Gasteiger partial charge in [0.2, 0.25) is 0 Å². The lowest BCUT2D eigenvalue weighted by molar-refractivity contribution is -0.128. The van der Waals surface area contributed by atoms with Gasteiger partial charge >= 0.3 is 0 Å². The molecule has 0 aromatic carbocycles. The van der Waals surface area contributed by atoms with E-state index < -0.39 is 0 Å². The van der Waals surface area contributed by atoms with Crippen LogP contribution in [0.1, 0.15) is 65.2 Å². The average molecular weight is 383 g/mol. The van der Waals surface area contributed by atoms with Crippen LogP contribution in [0.5, 0.6) is 0 Å². The normalized spacial score (nSPS) is 41.9. The third-order valence-electron chi connectivity index (χ3n) is 8.55. The van der Waals surface area contributed by atoms with Gasteiger partial charge in [-0.15, -0.1) is 0 Å². The number of ketones is 2. The minimum atomic E-state index is 0.166. The molecule has 4 rings (SSSR count). The van der Waals surface area contributed by atoms with Crippen molar-refractivity contribution < 1.29 is 9.59 Å². The van der Waals surface area contributed by atoms with E-state index >= 15 is 0 Å². The summed E-state index contributed by atoms with van der Waals surface area (Å²) in [5.41, 5.74) is 1.82. The molecular weight excluding hydrogens is 345 g/mol. The maximum Gasteiger partial charge on any atom is 0.155 e. The molecule has 0 amide bonds. The zero-order valence-electron chi connectivity index (χ0n) is 18.6. The van der Waals surface area contributed by atoms with E-state index in [-0.39, 0.29) is 28.9 Å². The van der Waals surface area contributed by atoms with Gasteiger partial charge in [0, 0.05) is 12.3 Å². The fraction of sp³-hybridized carbons (Fsp3) is 0.833. The summed E-state index contributed by atoms with van der Waals surface area (Å²) in [6.07, 6.45) is 10.8. The molecule has 4 aliphatic rings. The fourth-order valence-electron chi connectivity index (χ4n) is 7.23. The van der Waals surface area contributed by atoms with Crippen molar-refractivity contribution in [2.24, 2.45) is 34.5 Å². The quantitative estimate of drug-likeness (QED) is 0.661. The third-order valence-corrected chi connectivity index (χ3v) is 8.55. The predicted octanol–water partition coefficient (Wildman–Crippen LogP) is 4.47. The van der Waals surface area contributed by atoms with Crippen molar-refractivity contribution in [2.45, 2.75) is 71.5 Å². The number of carbonyl (C=O) groups is 2. The smallest absolute Gasteiger partial charge is 0.155 e. The standard InChI is InChI=1S/C21H29BO2.C3H9N/c1-20-9-7-14(23)11-13(20)3-4-15-16-5-6-18(19(24)12-22)21(16,2)10-8-17(15)20;1-4(2)3/h11,15-18H,3-10,12H2,1-2H3;1-3H3/t15-,16-,17-,18+,20-,21-;/m0./s1. The zero-order chi connectivity index (χ0) is 20.7. The molecule has 4 aliphatic carbocycles. The van der Waals surface area contributed by atoms with Crippen LogP contribution >= 0.6 is 0 Å². The number of nitrogens with zero attached hydrogens (tertiary/aromatic N) is 1. The van der Waals surface area contributed by atoms with E-state index in [1.54, 1.807) is 0 Å². The Hall–Kier alpha value is -0.895. The summed E-state index contributed by atoms with van der Waals surface area (Å²) in [5, 5.41) is 0. The Bertz CT molecular complexity index is 654. The maximum atomic E-state index is 12.4. The van der Waals surface area contributed by atoms with Gasteiger partial charge in [0.15, 0.2) is 5.78 Å². The van der Waals surface area contributed by atoms with Crippen LogP contribution in [0.15, 0.2) is 11.6 Å². The fourth-order valence-corrected chi connectivity index (χ4v) is 7.23. The zero-order valence-corrected chi connectivity index (χ0v) is 18.6. The first-order chi connectivity index (χ1) is 13.1. The van der Waals surface area contributed by atoms with Crippen LogP contribution in [-0.2, 0) is 9.59 Å². The Morgan fingerprint density at radius 2 is 1.75 bits per heavy atom. The van der Waals surface area contributed by atoms with Gasteiger partial charge in [-0.3, -0.25) is 4.79 Å². The Morgan fingerprint density at radius 1 is 1.07 bits per heavy atom. The van der Waals surface area contributed by atoms with Crippen LogP contribution in [0, 0.1) is 34.5 Å². The molecule has 2 radical (unpaired) electrons. The topological polar surface area (TPSA) is 37.4 Å². The summed E-state index contributed by atoms with van der Waals surface area (Å²) in [6.45, 7) is 4.79. The van der Waals surface area contributed by atoms with Crippen LogP contribution in [-0.4, -0.2) is 45.5 Å². The molecule has 154 valence electrons. The summed E-state index contributed by atoms with van der Waals surface area (Å²) in [5.74, 6) is 2.91. The second-order valence-electron chi connectivity index (χ2n) is 10.7. The second kappa shape index (κ2) is 8.09. The SMILES string of the molecule is CN(C)C.[B]CC(=O)[C@H]1CC[C@H]2[C@@H]3CCC4=CC(=O)CC[C@]4(C)[C@H]3CC[C@]12C. The molecule has 0 saturated heterocycles. The summed E-state index contributed by atoms with van der Waals surface area (Å²) < 4.78 is 0. The number of hydrogen-bond acceptors (Lipinski definition) is 3. The molecule has 0 aromatic heterocycles. The lowest BCUT2D eigenvalue weighted by Gasteiger charge is -2.58. The lowest BCUT2D eigenvalue weighted by Crippen LogP contribution is -2.51. The van der Waals surface area contributed by atoms with Crippen LogP contribution in [0.25, 0.3) is 0 Å². The van der Waals surface area contributed by atoms with Gasteiger partial charge < -0.3 is 9.69 Å². The van der Waals surface area contributed by atoms with Crippen molar-refractivity contribution >= 4 is 19.4 Å². The summed E-state index contributed by atoms with van der Waals surface area (Å²) in [4.78, 5) is 26.3. The largest absolute Gasteiger partial charge is 0.312 e. The number of hydrogen-bond donors (Lipinski definition) is 0. The molecule has 6 atom stereocenters. The second-order valence-corrected chi connectivity index (χ2v) is 10.7. The van der Waals surface area contributed by atoms with E-state index in [0.29, 0.717) is 17.6 Å². The minimum absolute atomic E-state index is 0.166. The Kier molecular flexibility index (Phi) is 6.30. The van der Waals surface area contributed by atoms with Crippen LogP contribution in [0.4, 0.5) is 0 Å². The Labute approximate surface area is 173 Å². The summed E-state index contributed by atoms with van der Waals surface area (Å²) in [6, 6.07) is 0. The molecular formula is C24H38BNO2. The highest BCUT2D eigenvalue weighted by molar-refractivity contribution is 6.20. The molecule has 0 aliphatic heterocycles. The number of Topliss-reactive ketones (excluding diaryl/α,β-unsaturated/α-hetero) is 1. The van der Waals surface area contributed by atoms with Crippen LogP contribution in [0.2, 0.25) is 6.32 Å². The molecule has 0 spiro atoms. The molecule has 0 N–H and O–H groups in total. The van der Waals surface area contributed by atoms with E-state index in [4.69, 9.17) is 7.85 Å².